The Balaban J connectivity index is 2.06. The second kappa shape index (κ2) is 6.31. The van der Waals surface area contributed by atoms with Crippen LogP contribution in [0.15, 0.2) is 24.4 Å². The highest BCUT2D eigenvalue weighted by molar-refractivity contribution is 5.34. The zero-order valence-corrected chi connectivity index (χ0v) is 11.3. The molecule has 0 saturated carbocycles. The summed E-state index contributed by atoms with van der Waals surface area (Å²) >= 11 is 0. The van der Waals surface area contributed by atoms with Gasteiger partial charge in [-0.2, -0.15) is 0 Å². The molecular formula is C14H18FN3O. The highest BCUT2D eigenvalue weighted by Crippen LogP contribution is 2.21. The molecule has 2 rings (SSSR count). The topological polar surface area (TPSA) is 39.9 Å². The van der Waals surface area contributed by atoms with Crippen molar-refractivity contribution >= 4 is 0 Å². The van der Waals surface area contributed by atoms with E-state index in [4.69, 9.17) is 4.74 Å². The lowest BCUT2D eigenvalue weighted by atomic mass is 10.1. The van der Waals surface area contributed by atoms with Gasteiger partial charge in [-0.25, -0.2) is 4.39 Å². The van der Waals surface area contributed by atoms with E-state index in [1.54, 1.807) is 10.7 Å². The number of ether oxygens (including phenoxy) is 1. The number of aryl methyl sites for hydroxylation is 3. The zero-order chi connectivity index (χ0) is 13.7. The Morgan fingerprint density at radius 2 is 2.16 bits per heavy atom. The first kappa shape index (κ1) is 13.5. The second-order valence-electron chi connectivity index (χ2n) is 4.48. The Kier molecular flexibility index (Phi) is 4.49. The standard InChI is InChI=1S/C14H18FN3O/c1-3-8-19-14-7-5-12(15)9-11(14)4-6-13-10-18(2)17-16-13/h5,7,9-10H,3-4,6,8H2,1-2H3. The molecule has 0 amide bonds. The Morgan fingerprint density at radius 3 is 2.84 bits per heavy atom. The van der Waals surface area contributed by atoms with E-state index in [0.717, 1.165) is 29.8 Å². The van der Waals surface area contributed by atoms with Crippen molar-refractivity contribution in [1.82, 2.24) is 15.0 Å². The lowest BCUT2D eigenvalue weighted by Gasteiger charge is -2.10. The summed E-state index contributed by atoms with van der Waals surface area (Å²) in [5.41, 5.74) is 1.77. The van der Waals surface area contributed by atoms with Crippen molar-refractivity contribution in [2.75, 3.05) is 6.61 Å². The molecular weight excluding hydrogens is 245 g/mol. The summed E-state index contributed by atoms with van der Waals surface area (Å²) in [5, 5.41) is 7.90. The van der Waals surface area contributed by atoms with Crippen LogP contribution in [0.4, 0.5) is 4.39 Å². The molecule has 1 heterocycles. The normalized spacial score (nSPS) is 10.7. The number of benzene rings is 1. The number of hydrogen-bond donors (Lipinski definition) is 0. The summed E-state index contributed by atoms with van der Waals surface area (Å²) in [6, 6.07) is 4.65. The quantitative estimate of drug-likeness (QED) is 0.804. The van der Waals surface area contributed by atoms with E-state index in [2.05, 4.69) is 10.3 Å². The number of hydrogen-bond acceptors (Lipinski definition) is 3. The molecule has 0 radical (unpaired) electrons. The molecule has 0 fully saturated rings. The van der Waals surface area contributed by atoms with E-state index < -0.39 is 0 Å². The molecule has 102 valence electrons. The van der Waals surface area contributed by atoms with Gasteiger partial charge < -0.3 is 4.74 Å². The molecule has 0 unspecified atom stereocenters. The molecule has 1 aromatic heterocycles. The van der Waals surface area contributed by atoms with Crippen LogP contribution in [-0.2, 0) is 19.9 Å². The minimum Gasteiger partial charge on any atom is -0.493 e. The van der Waals surface area contributed by atoms with Crippen molar-refractivity contribution in [3.05, 3.63) is 41.5 Å². The molecule has 0 atom stereocenters. The summed E-state index contributed by atoms with van der Waals surface area (Å²) in [7, 11) is 1.83. The van der Waals surface area contributed by atoms with Gasteiger partial charge in [0, 0.05) is 13.2 Å². The number of halogens is 1. The fourth-order valence-electron chi connectivity index (χ4n) is 1.87. The van der Waals surface area contributed by atoms with Crippen LogP contribution in [0.2, 0.25) is 0 Å². The average molecular weight is 263 g/mol. The van der Waals surface area contributed by atoms with Gasteiger partial charge in [-0.1, -0.05) is 12.1 Å². The maximum atomic E-state index is 13.3. The highest BCUT2D eigenvalue weighted by atomic mass is 19.1. The van der Waals surface area contributed by atoms with Gasteiger partial charge >= 0.3 is 0 Å². The summed E-state index contributed by atoms with van der Waals surface area (Å²) in [5.74, 6) is 0.519. The Hall–Kier alpha value is -1.91. The lowest BCUT2D eigenvalue weighted by Crippen LogP contribution is -2.01. The number of aromatic nitrogens is 3. The van der Waals surface area contributed by atoms with E-state index in [1.807, 2.05) is 20.2 Å². The second-order valence-corrected chi connectivity index (χ2v) is 4.48. The summed E-state index contributed by atoms with van der Waals surface area (Å²) in [6.07, 6.45) is 4.21. The van der Waals surface area contributed by atoms with Crippen molar-refractivity contribution in [2.24, 2.45) is 7.05 Å². The molecule has 19 heavy (non-hydrogen) atoms. The third kappa shape index (κ3) is 3.77. The van der Waals surface area contributed by atoms with Gasteiger partial charge in [0.05, 0.1) is 12.3 Å². The molecule has 1 aromatic carbocycles. The molecule has 0 aliphatic heterocycles. The van der Waals surface area contributed by atoms with Crippen molar-refractivity contribution in [3.8, 4) is 5.75 Å². The minimum absolute atomic E-state index is 0.238. The fraction of sp³-hybridized carbons (Fsp3) is 0.429. The van der Waals surface area contributed by atoms with Crippen molar-refractivity contribution < 1.29 is 9.13 Å². The summed E-state index contributed by atoms with van der Waals surface area (Å²) in [4.78, 5) is 0. The fourth-order valence-corrected chi connectivity index (χ4v) is 1.87. The third-order valence-corrected chi connectivity index (χ3v) is 2.78. The van der Waals surface area contributed by atoms with E-state index in [1.165, 1.54) is 12.1 Å². The first-order valence-corrected chi connectivity index (χ1v) is 6.45. The number of nitrogens with zero attached hydrogens (tertiary/aromatic N) is 3. The minimum atomic E-state index is -0.238. The van der Waals surface area contributed by atoms with Gasteiger partial charge in [-0.3, -0.25) is 4.68 Å². The molecule has 0 N–H and O–H groups in total. The van der Waals surface area contributed by atoms with Crippen LogP contribution < -0.4 is 4.74 Å². The van der Waals surface area contributed by atoms with E-state index >= 15 is 0 Å². The SMILES string of the molecule is CCCOc1ccc(F)cc1CCc1cn(C)nn1. The van der Waals surface area contributed by atoms with Gasteiger partial charge in [-0.15, -0.1) is 5.10 Å². The van der Waals surface area contributed by atoms with Crippen molar-refractivity contribution in [2.45, 2.75) is 26.2 Å². The van der Waals surface area contributed by atoms with Crippen LogP contribution >= 0.6 is 0 Å². The number of rotatable bonds is 6. The van der Waals surface area contributed by atoms with Crippen LogP contribution in [0.25, 0.3) is 0 Å². The smallest absolute Gasteiger partial charge is 0.123 e. The largest absolute Gasteiger partial charge is 0.493 e. The molecule has 4 nitrogen and oxygen atoms in total. The predicted octanol–water partition coefficient (Wildman–Crippen LogP) is 2.53. The van der Waals surface area contributed by atoms with E-state index in [9.17, 15) is 4.39 Å². The highest BCUT2D eigenvalue weighted by Gasteiger charge is 2.07. The maximum Gasteiger partial charge on any atom is 0.123 e. The Morgan fingerprint density at radius 1 is 1.32 bits per heavy atom. The maximum absolute atomic E-state index is 13.3. The summed E-state index contributed by atoms with van der Waals surface area (Å²) < 4.78 is 20.6. The molecule has 0 spiro atoms. The average Bonchev–Trinajstić information content (AvgIpc) is 2.81. The first-order chi connectivity index (χ1) is 9.19. The molecule has 2 aromatic rings. The van der Waals surface area contributed by atoms with Gasteiger partial charge in [0.2, 0.25) is 0 Å². The van der Waals surface area contributed by atoms with Gasteiger partial charge in [0.1, 0.15) is 11.6 Å². The third-order valence-electron chi connectivity index (χ3n) is 2.78. The van der Waals surface area contributed by atoms with Gasteiger partial charge in [0.25, 0.3) is 0 Å². The van der Waals surface area contributed by atoms with E-state index in [0.29, 0.717) is 13.0 Å². The Bertz CT molecular complexity index is 539. The van der Waals surface area contributed by atoms with Crippen LogP contribution in [-0.4, -0.2) is 21.6 Å². The molecule has 0 saturated heterocycles. The van der Waals surface area contributed by atoms with Crippen LogP contribution in [0.1, 0.15) is 24.6 Å². The van der Waals surface area contributed by atoms with Crippen molar-refractivity contribution in [1.29, 1.82) is 0 Å². The van der Waals surface area contributed by atoms with Gasteiger partial charge in [-0.05, 0) is 43.0 Å². The lowest BCUT2D eigenvalue weighted by molar-refractivity contribution is 0.313. The first-order valence-electron chi connectivity index (χ1n) is 6.45. The van der Waals surface area contributed by atoms with Crippen LogP contribution in [0.5, 0.6) is 5.75 Å². The predicted molar refractivity (Wildman–Crippen MR) is 70.6 cm³/mol. The Labute approximate surface area is 112 Å². The van der Waals surface area contributed by atoms with Crippen molar-refractivity contribution in [3.63, 3.8) is 0 Å². The molecule has 5 heteroatoms. The van der Waals surface area contributed by atoms with Gasteiger partial charge in [0.15, 0.2) is 0 Å². The molecule has 0 bridgehead atoms. The van der Waals surface area contributed by atoms with Crippen LogP contribution in [0.3, 0.4) is 0 Å². The van der Waals surface area contributed by atoms with E-state index in [-0.39, 0.29) is 5.82 Å². The monoisotopic (exact) mass is 263 g/mol. The summed E-state index contributed by atoms with van der Waals surface area (Å²) in [6.45, 7) is 2.69. The molecule has 0 aliphatic rings. The zero-order valence-electron chi connectivity index (χ0n) is 11.3. The molecule has 0 aliphatic carbocycles. The van der Waals surface area contributed by atoms with Crippen LogP contribution in [0, 0.1) is 5.82 Å².